The molecule has 14 heteroatoms. The number of guanidine groups is 1. The third kappa shape index (κ3) is 12.0. The van der Waals surface area contributed by atoms with Crippen LogP contribution in [-0.4, -0.2) is 62.9 Å². The maximum atomic E-state index is 14.5. The standard InChI is InChI=1S/C79H85N3O9S.Na/c1-46-14-15-55-39-62-29-32-65(55)68(46)43-74(92(87,88)89)70-41-58-37-57(40-63-34-48(45-83)10-7-12-53-38-61(84)28-31-67(53)76(58)90-63)75(70)51-20-25-60(26-21-51)79(91-62,82-77(80)81)71-33-27-59-24-22-56(44-78(59,86)72(71)35-47-8-3-2-4-9-47)52-23-30-66-54(36-52)19-18-50-17-16-49-11-5-6-13-64(49)69(50)42-73(66)85;/h2-6,8-9,11,13,16-17,20-21,23,25-26,28-32,36,38-39,41,46,48,56-57,59,63,68,70-76,83-86H,10,14-15,18-19,22,24,27,33-35,37,40,42-45H2,1H3,(H4,80,81,82)(H,87,88,89);/q;+1/p-1/t46-,48+,56+,57-,59-,63-,68+,70-,71+,72-,73-,74-,75+,76-,78+,79-;/m1./s1. The summed E-state index contributed by atoms with van der Waals surface area (Å²) >= 11 is 0. The van der Waals surface area contributed by atoms with Crippen molar-refractivity contribution in [2.24, 2.45) is 57.9 Å². The second-order valence-corrected chi connectivity index (χ2v) is 30.3. The van der Waals surface area contributed by atoms with Crippen molar-refractivity contribution in [1.29, 1.82) is 0 Å². The molecule has 2 saturated carbocycles. The first-order valence-electron chi connectivity index (χ1n) is 33.8. The molecule has 5 heterocycles. The molecule has 3 fully saturated rings. The van der Waals surface area contributed by atoms with E-state index < -0.39 is 62.6 Å². The van der Waals surface area contributed by atoms with Gasteiger partial charge in [0.05, 0.1) is 33.2 Å². The molecular weight excluding hydrogens is 1190 g/mol. The zero-order valence-corrected chi connectivity index (χ0v) is 56.2. The minimum atomic E-state index is -4.97. The summed E-state index contributed by atoms with van der Waals surface area (Å²) in [7, 11) is -4.97. The maximum absolute atomic E-state index is 14.5. The average molecular weight is 1270 g/mol. The van der Waals surface area contributed by atoms with Crippen LogP contribution in [0, 0.1) is 53.3 Å². The van der Waals surface area contributed by atoms with E-state index in [0.717, 1.165) is 76.6 Å². The zero-order chi connectivity index (χ0) is 63.2. The van der Waals surface area contributed by atoms with Crippen LogP contribution < -0.4 is 45.8 Å². The second-order valence-electron chi connectivity index (χ2n) is 28.7. The number of hydrogen-bond donors (Lipinski definition) is 6. The molecule has 7 aromatic rings. The Hall–Kier alpha value is -6.28. The van der Waals surface area contributed by atoms with Gasteiger partial charge in [0.25, 0.3) is 0 Å². The van der Waals surface area contributed by atoms with E-state index in [1.807, 2.05) is 30.3 Å². The number of aromatic hydroxyl groups is 1. The Morgan fingerprint density at radius 1 is 0.774 bits per heavy atom. The molecule has 12 nitrogen and oxygen atoms in total. The Morgan fingerprint density at radius 2 is 1.53 bits per heavy atom. The number of benzene rings is 7. The van der Waals surface area contributed by atoms with Crippen molar-refractivity contribution in [1.82, 2.24) is 0 Å². The molecular formula is C79H84N3NaO9S. The number of aliphatic hydroxyl groups excluding tert-OH is 2. The van der Waals surface area contributed by atoms with Crippen molar-refractivity contribution in [3.05, 3.63) is 224 Å². The number of nitrogens with two attached hydrogens (primary N) is 2. The van der Waals surface area contributed by atoms with E-state index >= 15 is 0 Å². The van der Waals surface area contributed by atoms with Crippen LogP contribution in [0.5, 0.6) is 11.5 Å². The van der Waals surface area contributed by atoms with Crippen LogP contribution in [0.15, 0.2) is 162 Å². The number of ether oxygens (including phenoxy) is 2. The number of aliphatic imine (C=N–C) groups is 1. The van der Waals surface area contributed by atoms with Gasteiger partial charge in [-0.2, -0.15) is 0 Å². The first kappa shape index (κ1) is 64.1. The molecule has 0 aromatic heterocycles. The quantitative estimate of drug-likeness (QED) is 0.0220. The minimum Gasteiger partial charge on any atom is -0.748 e. The van der Waals surface area contributed by atoms with E-state index in [4.69, 9.17) is 25.9 Å². The van der Waals surface area contributed by atoms with Gasteiger partial charge in [0.15, 0.2) is 5.96 Å². The Kier molecular flexibility index (Phi) is 17.7. The van der Waals surface area contributed by atoms with Crippen molar-refractivity contribution < 1.29 is 72.4 Å². The predicted octanol–water partition coefficient (Wildman–Crippen LogP) is 9.93. The number of nitrogens with zero attached hydrogens (tertiary/aromatic N) is 1. The third-order valence-electron chi connectivity index (χ3n) is 23.6. The van der Waals surface area contributed by atoms with E-state index in [0.29, 0.717) is 81.1 Å². The zero-order valence-electron chi connectivity index (χ0n) is 53.4. The van der Waals surface area contributed by atoms with E-state index in [1.165, 1.54) is 27.5 Å². The molecule has 0 unspecified atom stereocenters. The van der Waals surface area contributed by atoms with E-state index in [1.54, 1.807) is 12.1 Å². The molecule has 476 valence electrons. The van der Waals surface area contributed by atoms with Gasteiger partial charge in [-0.3, -0.25) is 0 Å². The van der Waals surface area contributed by atoms with Gasteiger partial charge >= 0.3 is 29.6 Å². The summed E-state index contributed by atoms with van der Waals surface area (Å²) in [6.45, 7) is 2.08. The fourth-order valence-electron chi connectivity index (χ4n) is 19.2. The summed E-state index contributed by atoms with van der Waals surface area (Å²) in [4.78, 5) is 5.39. The molecule has 0 radical (unpaired) electrons. The summed E-state index contributed by atoms with van der Waals surface area (Å²) in [5.41, 5.74) is 23.5. The van der Waals surface area contributed by atoms with E-state index in [-0.39, 0.29) is 95.9 Å². The van der Waals surface area contributed by atoms with Crippen LogP contribution >= 0.6 is 0 Å². The third-order valence-corrected chi connectivity index (χ3v) is 24.8. The summed E-state index contributed by atoms with van der Waals surface area (Å²) in [5.74, 6) is 4.27. The molecule has 16 atom stereocenters. The average Bonchev–Trinajstić information content (AvgIpc) is 1.28. The molecule has 8 N–H and O–H groups in total. The van der Waals surface area contributed by atoms with Gasteiger partial charge in [-0.25, -0.2) is 13.4 Å². The predicted molar refractivity (Wildman–Crippen MR) is 357 cm³/mol. The van der Waals surface area contributed by atoms with Gasteiger partial charge in [0.2, 0.25) is 5.72 Å². The van der Waals surface area contributed by atoms with Crippen molar-refractivity contribution in [2.75, 3.05) is 6.61 Å². The summed E-state index contributed by atoms with van der Waals surface area (Å²) in [6.07, 6.45) is 10.4. The number of hydrogen-bond acceptors (Lipinski definition) is 10. The number of allylic oxidation sites excluding steroid dienone is 1. The molecule has 5 aliphatic carbocycles. The second kappa shape index (κ2) is 25.7. The van der Waals surface area contributed by atoms with Gasteiger partial charge < -0.3 is 45.9 Å². The molecule has 0 spiro atoms. The fourth-order valence-corrected chi connectivity index (χ4v) is 20.3. The molecule has 93 heavy (non-hydrogen) atoms. The normalized spacial score (nSPS) is 31.9. The smallest absolute Gasteiger partial charge is 0.748 e. The number of rotatable bonds is 7. The first-order valence-corrected chi connectivity index (χ1v) is 35.3. The maximum Gasteiger partial charge on any atom is 1.00 e. The number of aryl methyl sites for hydroxylation is 3. The van der Waals surface area contributed by atoms with Crippen LogP contribution in [-0.2, 0) is 52.7 Å². The monoisotopic (exact) mass is 1270 g/mol. The van der Waals surface area contributed by atoms with Gasteiger partial charge in [0, 0.05) is 48.0 Å². The number of fused-ring (bicyclic) bond motifs is 14. The SMILES string of the molecule is C[C@@H]1CCc2cc3ccc2[C@H]1C[C@@H](S(=O)(=O)[O-])[C@H]1C=C2C[C@H](C[C@H]4C[C@@H](CO)CC#Cc5cc(O)ccc5[C@@H]2O4)[C@@H]1c1ccc(cc1)[C@](N=C(N)N)([C@H]1CC[C@H]2CC[C@H](c4ccc5c(c4)CCc4ccc6ccccc6c4C[C@H]5O)C[C@@]2(O)[C@@H]1Cc1ccccc1)O3.[Na+]. The van der Waals surface area contributed by atoms with Crippen molar-refractivity contribution in [3.63, 3.8) is 0 Å². The number of phenols is 1. The molecule has 10 aliphatic rings. The Labute approximate surface area is 569 Å². The molecule has 5 aliphatic heterocycles. The van der Waals surface area contributed by atoms with Crippen molar-refractivity contribution in [2.45, 2.75) is 162 Å². The van der Waals surface area contributed by atoms with Crippen molar-refractivity contribution >= 4 is 26.9 Å². The largest absolute Gasteiger partial charge is 1.00 e. The van der Waals surface area contributed by atoms with Crippen LogP contribution in [0.4, 0.5) is 0 Å². The van der Waals surface area contributed by atoms with Gasteiger partial charge in [-0.15, -0.1) is 0 Å². The topological polar surface area (TPSA) is 221 Å². The van der Waals surface area contributed by atoms with Gasteiger partial charge in [-0.1, -0.05) is 146 Å². The Balaban J connectivity index is 0.00000749. The molecule has 1 saturated heterocycles. The number of aliphatic hydroxyl groups is 3. The Morgan fingerprint density at radius 3 is 2.33 bits per heavy atom. The Bertz CT molecular complexity index is 4220. The summed E-state index contributed by atoms with van der Waals surface area (Å²) in [6, 6.07) is 49.5. The summed E-state index contributed by atoms with van der Waals surface area (Å²) in [5, 5.41) is 49.0. The van der Waals surface area contributed by atoms with Crippen LogP contribution in [0.25, 0.3) is 10.8 Å². The van der Waals surface area contributed by atoms with Gasteiger partial charge in [0.1, 0.15) is 17.6 Å². The van der Waals surface area contributed by atoms with Crippen LogP contribution in [0.3, 0.4) is 0 Å². The summed E-state index contributed by atoms with van der Waals surface area (Å²) < 4.78 is 58.5. The molecule has 10 bridgehead atoms. The molecule has 0 amide bonds. The molecule has 7 aromatic carbocycles. The van der Waals surface area contributed by atoms with Gasteiger partial charge in [-0.05, 0) is 228 Å². The van der Waals surface area contributed by atoms with Crippen LogP contribution in [0.1, 0.15) is 174 Å². The number of phenolic OH excluding ortho intramolecular Hbond substituents is 1. The molecule has 17 rings (SSSR count). The minimum absolute atomic E-state index is 0. The first-order chi connectivity index (χ1) is 44.5. The fraction of sp³-hybridized carbons (Fsp3) is 0.430. The van der Waals surface area contributed by atoms with E-state index in [9.17, 15) is 33.4 Å². The van der Waals surface area contributed by atoms with Crippen molar-refractivity contribution in [3.8, 4) is 23.3 Å². The van der Waals surface area contributed by atoms with Crippen LogP contribution in [0.2, 0.25) is 0 Å². The van der Waals surface area contributed by atoms with E-state index in [2.05, 4.69) is 128 Å².